The van der Waals surface area contributed by atoms with Crippen LogP contribution in [0.1, 0.15) is 5.56 Å². The van der Waals surface area contributed by atoms with Crippen molar-refractivity contribution >= 4 is 21.8 Å². The third kappa shape index (κ3) is 1.16. The molecule has 0 saturated heterocycles. The van der Waals surface area contributed by atoms with Gasteiger partial charge in [0.15, 0.2) is 0 Å². The van der Waals surface area contributed by atoms with Gasteiger partial charge in [-0.2, -0.15) is 0 Å². The number of rotatable bonds is 0. The van der Waals surface area contributed by atoms with Crippen molar-refractivity contribution in [2.45, 2.75) is 6.42 Å². The molecule has 4 rings (SSSR count). The van der Waals surface area contributed by atoms with Gasteiger partial charge >= 0.3 is 0 Å². The summed E-state index contributed by atoms with van der Waals surface area (Å²) in [4.78, 5) is 8.78. The zero-order chi connectivity index (χ0) is 11.2. The molecule has 2 heterocycles. The van der Waals surface area contributed by atoms with Gasteiger partial charge in [-0.05, 0) is 5.56 Å². The Hall–Kier alpha value is -2.16. The van der Waals surface area contributed by atoms with Gasteiger partial charge in [0.2, 0.25) is 0 Å². The van der Waals surface area contributed by atoms with Gasteiger partial charge < -0.3 is 4.74 Å². The maximum Gasteiger partial charge on any atom is 0.129 e. The number of fused-ring (bicyclic) bond motifs is 2. The van der Waals surface area contributed by atoms with Crippen LogP contribution in [0.15, 0.2) is 36.7 Å². The standard InChI is InChI=1S/C14H10N2O/c1-2-9-4-7-17-12-8-11-14(16-6-5-15-11)10(3-1)13(9)12/h1-3,5-6,8H,4,7H2. The minimum atomic E-state index is 0.748. The fourth-order valence-corrected chi connectivity index (χ4v) is 2.54. The summed E-state index contributed by atoms with van der Waals surface area (Å²) in [6.45, 7) is 0.748. The van der Waals surface area contributed by atoms with E-state index in [4.69, 9.17) is 4.74 Å². The molecule has 3 heteroatoms. The lowest BCUT2D eigenvalue weighted by Gasteiger charge is -2.18. The van der Waals surface area contributed by atoms with E-state index in [-0.39, 0.29) is 0 Å². The minimum Gasteiger partial charge on any atom is -0.493 e. The van der Waals surface area contributed by atoms with E-state index in [1.165, 1.54) is 10.9 Å². The first-order chi connectivity index (χ1) is 8.43. The van der Waals surface area contributed by atoms with Crippen LogP contribution >= 0.6 is 0 Å². The monoisotopic (exact) mass is 222 g/mol. The Morgan fingerprint density at radius 1 is 1.12 bits per heavy atom. The van der Waals surface area contributed by atoms with Crippen molar-refractivity contribution in [3.63, 3.8) is 0 Å². The van der Waals surface area contributed by atoms with Crippen LogP contribution in [-0.4, -0.2) is 16.6 Å². The second-order valence-electron chi connectivity index (χ2n) is 4.24. The Labute approximate surface area is 98.1 Å². The maximum atomic E-state index is 5.74. The van der Waals surface area contributed by atoms with E-state index >= 15 is 0 Å². The van der Waals surface area contributed by atoms with Crippen molar-refractivity contribution < 1.29 is 4.74 Å². The lowest BCUT2D eigenvalue weighted by molar-refractivity contribution is 0.318. The summed E-state index contributed by atoms with van der Waals surface area (Å²) in [6, 6.07) is 8.33. The van der Waals surface area contributed by atoms with Crippen LogP contribution in [0.25, 0.3) is 21.8 Å². The van der Waals surface area contributed by atoms with Crippen LogP contribution in [0.4, 0.5) is 0 Å². The van der Waals surface area contributed by atoms with E-state index < -0.39 is 0 Å². The molecule has 0 amide bonds. The molecule has 3 nitrogen and oxygen atoms in total. The Kier molecular flexibility index (Phi) is 1.66. The van der Waals surface area contributed by atoms with E-state index in [1.54, 1.807) is 12.4 Å². The van der Waals surface area contributed by atoms with Crippen LogP contribution < -0.4 is 4.74 Å². The summed E-state index contributed by atoms with van der Waals surface area (Å²) in [5.41, 5.74) is 3.20. The average molecular weight is 222 g/mol. The van der Waals surface area contributed by atoms with Crippen molar-refractivity contribution in [2.24, 2.45) is 0 Å². The summed E-state index contributed by atoms with van der Waals surface area (Å²) >= 11 is 0. The van der Waals surface area contributed by atoms with Gasteiger partial charge in [0.1, 0.15) is 5.75 Å². The van der Waals surface area contributed by atoms with Crippen molar-refractivity contribution in [2.75, 3.05) is 6.61 Å². The number of benzene rings is 2. The molecule has 82 valence electrons. The molecule has 1 aliphatic rings. The maximum absolute atomic E-state index is 5.74. The number of aromatic nitrogens is 2. The Bertz CT molecular complexity index is 737. The number of hydrogen-bond acceptors (Lipinski definition) is 3. The predicted molar refractivity (Wildman–Crippen MR) is 66.2 cm³/mol. The zero-order valence-electron chi connectivity index (χ0n) is 9.18. The first kappa shape index (κ1) is 8.93. The summed E-state index contributed by atoms with van der Waals surface area (Å²) in [5.74, 6) is 0.940. The second kappa shape index (κ2) is 3.17. The fourth-order valence-electron chi connectivity index (χ4n) is 2.54. The van der Waals surface area contributed by atoms with Crippen molar-refractivity contribution in [1.82, 2.24) is 9.97 Å². The highest BCUT2D eigenvalue weighted by atomic mass is 16.5. The van der Waals surface area contributed by atoms with Crippen molar-refractivity contribution in [3.05, 3.63) is 42.2 Å². The first-order valence-corrected chi connectivity index (χ1v) is 5.71. The molecule has 17 heavy (non-hydrogen) atoms. The molecular weight excluding hydrogens is 212 g/mol. The summed E-state index contributed by atoms with van der Waals surface area (Å²) in [5, 5.41) is 2.34. The van der Waals surface area contributed by atoms with E-state index in [1.807, 2.05) is 6.07 Å². The molecule has 0 saturated carbocycles. The average Bonchev–Trinajstić information content (AvgIpc) is 2.39. The van der Waals surface area contributed by atoms with Gasteiger partial charge in [-0.3, -0.25) is 9.97 Å². The zero-order valence-corrected chi connectivity index (χ0v) is 9.18. The molecule has 2 aromatic carbocycles. The third-order valence-corrected chi connectivity index (χ3v) is 3.28. The Morgan fingerprint density at radius 3 is 3.06 bits per heavy atom. The molecule has 1 aromatic heterocycles. The summed E-state index contributed by atoms with van der Waals surface area (Å²) in [6.07, 6.45) is 4.42. The molecule has 0 radical (unpaired) electrons. The molecule has 0 unspecified atom stereocenters. The second-order valence-corrected chi connectivity index (χ2v) is 4.24. The fraction of sp³-hybridized carbons (Fsp3) is 0.143. The minimum absolute atomic E-state index is 0.748. The highest BCUT2D eigenvalue weighted by Gasteiger charge is 2.16. The van der Waals surface area contributed by atoms with E-state index in [0.717, 1.165) is 35.2 Å². The Balaban J connectivity index is 2.30. The van der Waals surface area contributed by atoms with Crippen molar-refractivity contribution in [1.29, 1.82) is 0 Å². The van der Waals surface area contributed by atoms with Gasteiger partial charge in [0.25, 0.3) is 0 Å². The van der Waals surface area contributed by atoms with Crippen LogP contribution in [0.2, 0.25) is 0 Å². The summed E-state index contributed by atoms with van der Waals surface area (Å²) in [7, 11) is 0. The van der Waals surface area contributed by atoms with E-state index in [9.17, 15) is 0 Å². The highest BCUT2D eigenvalue weighted by molar-refractivity contribution is 6.08. The molecule has 0 spiro atoms. The van der Waals surface area contributed by atoms with Gasteiger partial charge in [-0.25, -0.2) is 0 Å². The smallest absolute Gasteiger partial charge is 0.129 e. The van der Waals surface area contributed by atoms with Gasteiger partial charge in [-0.15, -0.1) is 0 Å². The van der Waals surface area contributed by atoms with E-state index in [0.29, 0.717) is 0 Å². The lowest BCUT2D eigenvalue weighted by Crippen LogP contribution is -2.08. The van der Waals surface area contributed by atoms with E-state index in [2.05, 4.69) is 28.2 Å². The molecule has 0 fully saturated rings. The Morgan fingerprint density at radius 2 is 2.06 bits per heavy atom. The summed E-state index contributed by atoms with van der Waals surface area (Å²) < 4.78 is 5.74. The number of nitrogens with zero attached hydrogens (tertiary/aromatic N) is 2. The molecule has 0 N–H and O–H groups in total. The molecular formula is C14H10N2O. The normalized spacial score (nSPS) is 13.9. The topological polar surface area (TPSA) is 35.0 Å². The highest BCUT2D eigenvalue weighted by Crippen LogP contribution is 2.36. The van der Waals surface area contributed by atoms with Crippen LogP contribution in [0.3, 0.4) is 0 Å². The molecule has 0 aliphatic carbocycles. The molecule has 3 aromatic rings. The largest absolute Gasteiger partial charge is 0.493 e. The van der Waals surface area contributed by atoms with Gasteiger partial charge in [0, 0.05) is 35.7 Å². The molecule has 1 aliphatic heterocycles. The molecule has 0 atom stereocenters. The third-order valence-electron chi connectivity index (χ3n) is 3.28. The number of ether oxygens (including phenoxy) is 1. The quantitative estimate of drug-likeness (QED) is 0.548. The van der Waals surface area contributed by atoms with Gasteiger partial charge in [-0.1, -0.05) is 18.2 Å². The van der Waals surface area contributed by atoms with Gasteiger partial charge in [0.05, 0.1) is 17.6 Å². The van der Waals surface area contributed by atoms with Crippen molar-refractivity contribution in [3.8, 4) is 5.75 Å². The first-order valence-electron chi connectivity index (χ1n) is 5.71. The van der Waals surface area contributed by atoms with Crippen LogP contribution in [0.5, 0.6) is 5.75 Å². The SMILES string of the molecule is c1cc2c3c(cc4nccnc4c3c1)OCC2. The molecule has 0 bridgehead atoms. The van der Waals surface area contributed by atoms with Crippen LogP contribution in [0, 0.1) is 0 Å². The van der Waals surface area contributed by atoms with Crippen LogP contribution in [-0.2, 0) is 6.42 Å². The predicted octanol–water partition coefficient (Wildman–Crippen LogP) is 2.72. The number of hydrogen-bond donors (Lipinski definition) is 0. The lowest BCUT2D eigenvalue weighted by atomic mass is 9.98.